The Kier molecular flexibility index (Phi) is 5.37. The fourth-order valence-corrected chi connectivity index (χ4v) is 1.64. The fourth-order valence-electron chi connectivity index (χ4n) is 1.64. The Balaban J connectivity index is 0.00000162. The first kappa shape index (κ1) is 15.2. The molecule has 1 N–H and O–H groups in total. The maximum atomic E-state index is 11.9. The van der Waals surface area contributed by atoms with Crippen molar-refractivity contribution in [2.24, 2.45) is 0 Å². The Morgan fingerprint density at radius 3 is 2.44 bits per heavy atom. The van der Waals surface area contributed by atoms with Crippen LogP contribution in [0.4, 0.5) is 0 Å². The van der Waals surface area contributed by atoms with Gasteiger partial charge in [0, 0.05) is 5.56 Å². The van der Waals surface area contributed by atoms with Gasteiger partial charge >= 0.3 is 29.6 Å². The van der Waals surface area contributed by atoms with Crippen molar-refractivity contribution in [1.82, 2.24) is 9.78 Å². The van der Waals surface area contributed by atoms with E-state index in [0.29, 0.717) is 11.3 Å². The summed E-state index contributed by atoms with van der Waals surface area (Å²) >= 11 is 0. The van der Waals surface area contributed by atoms with Crippen LogP contribution in [0.3, 0.4) is 0 Å². The van der Waals surface area contributed by atoms with Gasteiger partial charge in [0.2, 0.25) is 0 Å². The molecule has 2 aromatic rings. The Labute approximate surface area is 127 Å². The second-order valence-corrected chi connectivity index (χ2v) is 3.95. The van der Waals surface area contributed by atoms with Gasteiger partial charge < -0.3 is 10.1 Å². The Hall–Kier alpha value is -0.850. The Morgan fingerprint density at radius 2 is 1.89 bits per heavy atom. The molecular formula is C12H13N2NaO3. The van der Waals surface area contributed by atoms with Crippen molar-refractivity contribution in [3.8, 4) is 5.69 Å². The number of nitrogens with zero attached hydrogens (tertiary/aromatic N) is 1. The predicted molar refractivity (Wildman–Crippen MR) is 60.7 cm³/mol. The van der Waals surface area contributed by atoms with Crippen LogP contribution in [0.5, 0.6) is 0 Å². The van der Waals surface area contributed by atoms with E-state index in [1.807, 2.05) is 31.2 Å². The maximum absolute atomic E-state index is 11.9. The number of aromatic nitrogens is 2. The molecular weight excluding hydrogens is 243 g/mol. The van der Waals surface area contributed by atoms with Crippen molar-refractivity contribution in [2.75, 3.05) is 0 Å². The van der Waals surface area contributed by atoms with Crippen LogP contribution >= 0.6 is 0 Å². The number of hydrogen-bond donors (Lipinski definition) is 1. The summed E-state index contributed by atoms with van der Waals surface area (Å²) in [5.74, 6) is 0. The fraction of sp³-hybridized carbons (Fsp3) is 0.250. The van der Waals surface area contributed by atoms with E-state index >= 15 is 0 Å². The van der Waals surface area contributed by atoms with Crippen LogP contribution in [0.25, 0.3) is 5.69 Å². The topological polar surface area (TPSA) is 70.1 Å². The zero-order chi connectivity index (χ0) is 12.4. The molecule has 0 spiro atoms. The summed E-state index contributed by atoms with van der Waals surface area (Å²) in [5.41, 5.74) is 2.70. The van der Waals surface area contributed by atoms with Crippen molar-refractivity contribution in [2.45, 2.75) is 20.5 Å². The normalized spacial score (nSPS) is 10.2. The quantitative estimate of drug-likeness (QED) is 0.377. The molecule has 0 aliphatic rings. The molecule has 0 saturated carbocycles. The average Bonchev–Trinajstić information content (AvgIpc) is 2.59. The van der Waals surface area contributed by atoms with E-state index in [0.717, 1.165) is 11.3 Å². The van der Waals surface area contributed by atoms with E-state index in [1.165, 1.54) is 4.68 Å². The van der Waals surface area contributed by atoms with E-state index < -0.39 is 0 Å². The summed E-state index contributed by atoms with van der Waals surface area (Å²) in [6, 6.07) is 7.52. The van der Waals surface area contributed by atoms with Crippen LogP contribution in [0.1, 0.15) is 16.8 Å². The summed E-state index contributed by atoms with van der Waals surface area (Å²) < 4.78 is 1.41. The molecule has 0 saturated heterocycles. The second kappa shape index (κ2) is 6.36. The third-order valence-electron chi connectivity index (χ3n) is 2.72. The van der Waals surface area contributed by atoms with Gasteiger partial charge in [0.05, 0.1) is 18.0 Å². The Morgan fingerprint density at radius 1 is 1.28 bits per heavy atom. The van der Waals surface area contributed by atoms with Crippen LogP contribution in [0, 0.1) is 13.8 Å². The van der Waals surface area contributed by atoms with Gasteiger partial charge in [-0.15, -0.1) is 0 Å². The molecule has 0 atom stereocenters. The minimum atomic E-state index is -0.166. The Bertz CT molecular complexity index is 572. The minimum absolute atomic E-state index is 0. The van der Waals surface area contributed by atoms with Crippen LogP contribution in [0.15, 0.2) is 29.1 Å². The van der Waals surface area contributed by atoms with Crippen molar-refractivity contribution >= 4 is 0 Å². The largest absolute Gasteiger partial charge is 1.00 e. The SMILES string of the molecule is Cc1ccc(-n2[nH]c(CO[O-])c(C)c2=O)cc1.[Na+]. The molecule has 0 amide bonds. The molecule has 90 valence electrons. The van der Waals surface area contributed by atoms with E-state index in [2.05, 4.69) is 9.99 Å². The molecule has 2 rings (SSSR count). The number of aryl methyl sites for hydroxylation is 1. The van der Waals surface area contributed by atoms with Gasteiger partial charge in [0.25, 0.3) is 5.56 Å². The molecule has 1 heterocycles. The van der Waals surface area contributed by atoms with E-state index in [-0.39, 0.29) is 41.7 Å². The van der Waals surface area contributed by atoms with Gasteiger partial charge in [-0.3, -0.25) is 9.89 Å². The predicted octanol–water partition coefficient (Wildman–Crippen LogP) is -2.42. The number of hydrogen-bond acceptors (Lipinski definition) is 3. The zero-order valence-electron chi connectivity index (χ0n) is 10.7. The van der Waals surface area contributed by atoms with E-state index in [9.17, 15) is 10.1 Å². The van der Waals surface area contributed by atoms with E-state index in [4.69, 9.17) is 0 Å². The molecule has 18 heavy (non-hydrogen) atoms. The molecule has 0 radical (unpaired) electrons. The second-order valence-electron chi connectivity index (χ2n) is 3.95. The maximum Gasteiger partial charge on any atom is 1.00 e. The number of benzene rings is 1. The third-order valence-corrected chi connectivity index (χ3v) is 2.72. The molecule has 6 heteroatoms. The zero-order valence-corrected chi connectivity index (χ0v) is 12.7. The minimum Gasteiger partial charge on any atom is -0.723 e. The summed E-state index contributed by atoms with van der Waals surface area (Å²) in [4.78, 5) is 15.7. The molecule has 1 aromatic heterocycles. The van der Waals surface area contributed by atoms with E-state index in [1.54, 1.807) is 6.92 Å². The molecule has 0 unspecified atom stereocenters. The number of nitrogens with one attached hydrogen (secondary N) is 1. The van der Waals surface area contributed by atoms with Crippen LogP contribution in [-0.4, -0.2) is 9.78 Å². The van der Waals surface area contributed by atoms with Gasteiger partial charge in [-0.25, -0.2) is 4.68 Å². The van der Waals surface area contributed by atoms with Crippen LogP contribution in [0.2, 0.25) is 0 Å². The molecule has 0 aliphatic carbocycles. The van der Waals surface area contributed by atoms with Crippen LogP contribution in [-0.2, 0) is 11.5 Å². The van der Waals surface area contributed by atoms with Gasteiger partial charge in [-0.1, -0.05) is 17.7 Å². The van der Waals surface area contributed by atoms with Gasteiger partial charge in [-0.05, 0) is 26.0 Å². The molecule has 0 fully saturated rings. The summed E-state index contributed by atoms with van der Waals surface area (Å²) in [6.07, 6.45) is 0. The first-order chi connectivity index (χ1) is 8.13. The molecule has 0 bridgehead atoms. The van der Waals surface area contributed by atoms with Gasteiger partial charge in [-0.2, -0.15) is 0 Å². The number of rotatable bonds is 3. The van der Waals surface area contributed by atoms with Crippen molar-refractivity contribution in [3.05, 3.63) is 51.4 Å². The average molecular weight is 256 g/mol. The van der Waals surface area contributed by atoms with Crippen LogP contribution < -0.4 is 40.4 Å². The van der Waals surface area contributed by atoms with Gasteiger partial charge in [0.15, 0.2) is 0 Å². The molecule has 1 aromatic carbocycles. The first-order valence-electron chi connectivity index (χ1n) is 5.26. The summed E-state index contributed by atoms with van der Waals surface area (Å²) in [7, 11) is 0. The summed E-state index contributed by atoms with van der Waals surface area (Å²) in [6.45, 7) is 3.50. The smallest absolute Gasteiger partial charge is 0.723 e. The van der Waals surface area contributed by atoms with Crippen molar-refractivity contribution < 1.29 is 39.7 Å². The number of H-pyrrole nitrogens is 1. The monoisotopic (exact) mass is 256 g/mol. The molecule has 5 nitrogen and oxygen atoms in total. The molecule has 0 aliphatic heterocycles. The van der Waals surface area contributed by atoms with Crippen molar-refractivity contribution in [3.63, 3.8) is 0 Å². The number of aromatic amines is 1. The van der Waals surface area contributed by atoms with Crippen molar-refractivity contribution in [1.29, 1.82) is 0 Å². The van der Waals surface area contributed by atoms with Gasteiger partial charge in [0.1, 0.15) is 0 Å². The summed E-state index contributed by atoms with van der Waals surface area (Å²) in [5, 5.41) is 13.0. The third kappa shape index (κ3) is 2.93. The first-order valence-corrected chi connectivity index (χ1v) is 5.26. The standard InChI is InChI=1S/C12H14N2O3.Na/c1-8-3-5-10(6-4-8)14-12(15)9(2)11(13-14)7-17-16;/h3-6,13,16H,7H2,1-2H3;/q;+1/p-1.